The summed E-state index contributed by atoms with van der Waals surface area (Å²) in [6.07, 6.45) is -5.40. The lowest BCUT2D eigenvalue weighted by Crippen LogP contribution is -2.44. The Hall–Kier alpha value is -2.70. The highest BCUT2D eigenvalue weighted by Crippen LogP contribution is 2.43. The summed E-state index contributed by atoms with van der Waals surface area (Å²) in [5.41, 5.74) is 4.97. The number of benzene rings is 2. The lowest BCUT2D eigenvalue weighted by molar-refractivity contribution is -0.137. The van der Waals surface area contributed by atoms with Crippen molar-refractivity contribution in [1.29, 1.82) is 0 Å². The summed E-state index contributed by atoms with van der Waals surface area (Å²) in [6.45, 7) is 1.71. The van der Waals surface area contributed by atoms with Gasteiger partial charge in [-0.2, -0.15) is 13.2 Å². The van der Waals surface area contributed by atoms with Crippen LogP contribution in [0.5, 0.6) is 5.75 Å². The van der Waals surface area contributed by atoms with Gasteiger partial charge in [0.1, 0.15) is 5.75 Å². The second-order valence-corrected chi connectivity index (χ2v) is 5.58. The van der Waals surface area contributed by atoms with E-state index in [-0.39, 0.29) is 18.0 Å². The van der Waals surface area contributed by atoms with Crippen molar-refractivity contribution >= 4 is 17.3 Å². The minimum absolute atomic E-state index is 0.0727. The number of nitrogens with zero attached hydrogens (tertiary/aromatic N) is 1. The monoisotopic (exact) mass is 336 g/mol. The highest BCUT2D eigenvalue weighted by Gasteiger charge is 2.38. The third-order valence-electron chi connectivity index (χ3n) is 3.83. The molecule has 1 aliphatic rings. The van der Waals surface area contributed by atoms with Crippen LogP contribution < -0.4 is 15.4 Å². The molecule has 0 bridgehead atoms. The molecular weight excluding hydrogens is 321 g/mol. The average Bonchev–Trinajstić information content (AvgIpc) is 2.51. The van der Waals surface area contributed by atoms with Crippen molar-refractivity contribution in [3.8, 4) is 5.75 Å². The molecule has 1 amide bonds. The number of carbonyl (C=O) groups excluding carboxylic acids is 1. The molecule has 2 aromatic rings. The standard InChI is InChI=1S/C17H15F3N2O2/c1-10-16(23)22(9-11-5-3-2-4-6-11)14-7-12(17(18,19)20)13(21)8-15(14)24-10/h2-8,10H,9,21H2,1H3/t10-/m1/s1. The van der Waals surface area contributed by atoms with E-state index >= 15 is 0 Å². The van der Waals surface area contributed by atoms with Crippen LogP contribution in [0.25, 0.3) is 0 Å². The quantitative estimate of drug-likeness (QED) is 0.853. The molecule has 0 aromatic heterocycles. The summed E-state index contributed by atoms with van der Waals surface area (Å²) < 4.78 is 44.8. The van der Waals surface area contributed by atoms with Gasteiger partial charge in [0.2, 0.25) is 0 Å². The Bertz CT molecular complexity index is 775. The Kier molecular flexibility index (Phi) is 3.87. The largest absolute Gasteiger partial charge is 0.479 e. The van der Waals surface area contributed by atoms with Crippen LogP contribution in [0, 0.1) is 0 Å². The Morgan fingerprint density at radius 3 is 2.50 bits per heavy atom. The number of anilines is 2. The summed E-state index contributed by atoms with van der Waals surface area (Å²) in [5, 5.41) is 0. The highest BCUT2D eigenvalue weighted by molar-refractivity contribution is 6.00. The molecule has 2 N–H and O–H groups in total. The maximum Gasteiger partial charge on any atom is 0.418 e. The van der Waals surface area contributed by atoms with Gasteiger partial charge in [0.05, 0.1) is 17.8 Å². The van der Waals surface area contributed by atoms with Crippen LogP contribution in [0.4, 0.5) is 24.5 Å². The number of hydrogen-bond donors (Lipinski definition) is 1. The number of nitrogen functional groups attached to an aromatic ring is 1. The number of alkyl halides is 3. The Morgan fingerprint density at radius 2 is 1.88 bits per heavy atom. The van der Waals surface area contributed by atoms with E-state index in [9.17, 15) is 18.0 Å². The first kappa shape index (κ1) is 16.2. The molecule has 3 rings (SSSR count). The molecule has 7 heteroatoms. The number of nitrogens with two attached hydrogens (primary N) is 1. The van der Waals surface area contributed by atoms with Gasteiger partial charge in [-0.3, -0.25) is 4.79 Å². The fraction of sp³-hybridized carbons (Fsp3) is 0.235. The van der Waals surface area contributed by atoms with Gasteiger partial charge in [-0.25, -0.2) is 0 Å². The molecule has 1 heterocycles. The van der Waals surface area contributed by atoms with Gasteiger partial charge in [0.15, 0.2) is 6.10 Å². The first-order valence-electron chi connectivity index (χ1n) is 7.30. The van der Waals surface area contributed by atoms with Gasteiger partial charge in [0, 0.05) is 11.8 Å². The normalized spacial score (nSPS) is 17.4. The molecule has 0 unspecified atom stereocenters. The minimum atomic E-state index is -4.61. The maximum atomic E-state index is 13.1. The molecular formula is C17H15F3N2O2. The van der Waals surface area contributed by atoms with Crippen LogP contribution in [0.1, 0.15) is 18.1 Å². The van der Waals surface area contributed by atoms with E-state index in [4.69, 9.17) is 10.5 Å². The van der Waals surface area contributed by atoms with Crippen molar-refractivity contribution in [2.75, 3.05) is 10.6 Å². The van der Waals surface area contributed by atoms with Crippen molar-refractivity contribution in [3.05, 3.63) is 53.6 Å². The van der Waals surface area contributed by atoms with E-state index in [0.29, 0.717) is 0 Å². The Balaban J connectivity index is 2.09. The Labute approximate surface area is 136 Å². The van der Waals surface area contributed by atoms with Crippen LogP contribution in [0.15, 0.2) is 42.5 Å². The molecule has 0 spiro atoms. The van der Waals surface area contributed by atoms with Gasteiger partial charge in [-0.15, -0.1) is 0 Å². The zero-order chi connectivity index (χ0) is 17.5. The zero-order valence-corrected chi connectivity index (χ0v) is 12.8. The van der Waals surface area contributed by atoms with Crippen LogP contribution in [-0.4, -0.2) is 12.0 Å². The van der Waals surface area contributed by atoms with E-state index in [1.165, 1.54) is 4.90 Å². The van der Waals surface area contributed by atoms with E-state index < -0.39 is 29.4 Å². The average molecular weight is 336 g/mol. The third-order valence-corrected chi connectivity index (χ3v) is 3.83. The number of ether oxygens (including phenoxy) is 1. The summed E-state index contributed by atoms with van der Waals surface area (Å²) in [5.74, 6) is -0.229. The first-order chi connectivity index (χ1) is 11.3. The summed E-state index contributed by atoms with van der Waals surface area (Å²) in [4.78, 5) is 13.7. The number of rotatable bonds is 2. The van der Waals surface area contributed by atoms with Gasteiger partial charge in [0.25, 0.3) is 5.91 Å². The molecule has 0 aliphatic carbocycles. The molecule has 4 nitrogen and oxygen atoms in total. The van der Waals surface area contributed by atoms with Crippen LogP contribution >= 0.6 is 0 Å². The van der Waals surface area contributed by atoms with Crippen molar-refractivity contribution in [2.24, 2.45) is 0 Å². The summed E-state index contributed by atoms with van der Waals surface area (Å²) in [6, 6.07) is 11.0. The van der Waals surface area contributed by atoms with E-state index in [1.54, 1.807) is 31.2 Å². The van der Waals surface area contributed by atoms with E-state index in [2.05, 4.69) is 0 Å². The van der Waals surface area contributed by atoms with Gasteiger partial charge in [-0.1, -0.05) is 30.3 Å². The lowest BCUT2D eigenvalue weighted by Gasteiger charge is -2.34. The molecule has 0 saturated heterocycles. The Morgan fingerprint density at radius 1 is 1.21 bits per heavy atom. The van der Waals surface area contributed by atoms with Gasteiger partial charge >= 0.3 is 6.18 Å². The van der Waals surface area contributed by atoms with Crippen LogP contribution in [0.2, 0.25) is 0 Å². The number of carbonyl (C=O) groups is 1. The van der Waals surface area contributed by atoms with E-state index in [1.807, 2.05) is 6.07 Å². The summed E-state index contributed by atoms with van der Waals surface area (Å²) in [7, 11) is 0. The predicted octanol–water partition coefficient (Wildman–Crippen LogP) is 3.60. The topological polar surface area (TPSA) is 55.6 Å². The lowest BCUT2D eigenvalue weighted by atomic mass is 10.1. The molecule has 2 aromatic carbocycles. The van der Waals surface area contributed by atoms with Crippen molar-refractivity contribution in [2.45, 2.75) is 25.7 Å². The minimum Gasteiger partial charge on any atom is -0.479 e. The summed E-state index contributed by atoms with van der Waals surface area (Å²) >= 11 is 0. The second-order valence-electron chi connectivity index (χ2n) is 5.58. The molecule has 1 atom stereocenters. The molecule has 1 aliphatic heterocycles. The molecule has 0 radical (unpaired) electrons. The second kappa shape index (κ2) is 5.74. The predicted molar refractivity (Wildman–Crippen MR) is 83.6 cm³/mol. The van der Waals surface area contributed by atoms with E-state index in [0.717, 1.165) is 17.7 Å². The molecule has 0 fully saturated rings. The number of hydrogen-bond acceptors (Lipinski definition) is 3. The zero-order valence-electron chi connectivity index (χ0n) is 12.8. The van der Waals surface area contributed by atoms with Crippen LogP contribution in [0.3, 0.4) is 0 Å². The molecule has 24 heavy (non-hydrogen) atoms. The first-order valence-corrected chi connectivity index (χ1v) is 7.30. The fourth-order valence-corrected chi connectivity index (χ4v) is 2.64. The molecule has 0 saturated carbocycles. The van der Waals surface area contributed by atoms with Crippen molar-refractivity contribution < 1.29 is 22.7 Å². The fourth-order valence-electron chi connectivity index (χ4n) is 2.64. The highest BCUT2D eigenvalue weighted by atomic mass is 19.4. The third kappa shape index (κ3) is 2.89. The number of halogens is 3. The maximum absolute atomic E-state index is 13.1. The smallest absolute Gasteiger partial charge is 0.418 e. The van der Waals surface area contributed by atoms with Gasteiger partial charge < -0.3 is 15.4 Å². The SMILES string of the molecule is C[C@H]1Oc2cc(N)c(C(F)(F)F)cc2N(Cc2ccccc2)C1=O. The van der Waals surface area contributed by atoms with Crippen molar-refractivity contribution in [3.63, 3.8) is 0 Å². The van der Waals surface area contributed by atoms with Gasteiger partial charge in [-0.05, 0) is 18.6 Å². The number of amides is 1. The number of fused-ring (bicyclic) bond motifs is 1. The molecule has 126 valence electrons. The van der Waals surface area contributed by atoms with Crippen molar-refractivity contribution in [1.82, 2.24) is 0 Å². The van der Waals surface area contributed by atoms with Crippen LogP contribution in [-0.2, 0) is 17.5 Å².